The number of nitrogens with two attached hydrogens (primary N) is 1. The van der Waals surface area contributed by atoms with Gasteiger partial charge in [0, 0.05) is 17.1 Å². The van der Waals surface area contributed by atoms with Crippen molar-refractivity contribution in [3.8, 4) is 0 Å². The van der Waals surface area contributed by atoms with E-state index in [0.717, 1.165) is 5.69 Å². The largest absolute Gasteiger partial charge is 0.399 e. The Morgan fingerprint density at radius 1 is 1.00 bits per heavy atom. The highest BCUT2D eigenvalue weighted by Crippen LogP contribution is 2.22. The summed E-state index contributed by atoms with van der Waals surface area (Å²) in [6.07, 6.45) is 0. The van der Waals surface area contributed by atoms with Crippen LogP contribution in [0.4, 0.5) is 21.5 Å². The maximum Gasteiger partial charge on any atom is 0.127 e. The van der Waals surface area contributed by atoms with Gasteiger partial charge >= 0.3 is 0 Å². The molecule has 3 heteroatoms. The van der Waals surface area contributed by atoms with Gasteiger partial charge in [-0.25, -0.2) is 4.39 Å². The van der Waals surface area contributed by atoms with Crippen LogP contribution in [0.15, 0.2) is 42.5 Å². The molecule has 0 radical (unpaired) electrons. The molecule has 0 atom stereocenters. The van der Waals surface area contributed by atoms with E-state index < -0.39 is 0 Å². The van der Waals surface area contributed by atoms with Gasteiger partial charge in [0.15, 0.2) is 0 Å². The van der Waals surface area contributed by atoms with Crippen LogP contribution in [0.3, 0.4) is 0 Å². The first-order chi connectivity index (χ1) is 8.54. The summed E-state index contributed by atoms with van der Waals surface area (Å²) >= 11 is 0. The fourth-order valence-corrected chi connectivity index (χ4v) is 1.80. The summed E-state index contributed by atoms with van der Waals surface area (Å²) in [5.74, 6) is 0.167. The SMILES string of the molecule is CC(C)c1ccc(Nc2cc(N)cc(F)c2)cc1. The van der Waals surface area contributed by atoms with E-state index in [2.05, 4.69) is 31.3 Å². The molecule has 0 fully saturated rings. The minimum absolute atomic E-state index is 0.337. The maximum absolute atomic E-state index is 13.2. The fraction of sp³-hybridized carbons (Fsp3) is 0.200. The first kappa shape index (κ1) is 12.4. The lowest BCUT2D eigenvalue weighted by atomic mass is 10.0. The number of nitrogen functional groups attached to an aromatic ring is 1. The van der Waals surface area contributed by atoms with Crippen LogP contribution in [-0.4, -0.2) is 0 Å². The van der Waals surface area contributed by atoms with Crippen molar-refractivity contribution in [3.05, 3.63) is 53.8 Å². The zero-order chi connectivity index (χ0) is 13.1. The van der Waals surface area contributed by atoms with Crippen LogP contribution in [0.25, 0.3) is 0 Å². The highest BCUT2D eigenvalue weighted by atomic mass is 19.1. The van der Waals surface area contributed by atoms with Crippen molar-refractivity contribution < 1.29 is 4.39 Å². The van der Waals surface area contributed by atoms with Gasteiger partial charge < -0.3 is 11.1 Å². The first-order valence-corrected chi connectivity index (χ1v) is 5.97. The summed E-state index contributed by atoms with van der Waals surface area (Å²) < 4.78 is 13.2. The molecule has 94 valence electrons. The van der Waals surface area contributed by atoms with E-state index in [1.54, 1.807) is 6.07 Å². The molecule has 2 rings (SSSR count). The molecule has 0 bridgehead atoms. The second kappa shape index (κ2) is 5.08. The van der Waals surface area contributed by atoms with Gasteiger partial charge in [0.1, 0.15) is 5.82 Å². The Bertz CT molecular complexity index is 512. The van der Waals surface area contributed by atoms with Gasteiger partial charge in [-0.3, -0.25) is 0 Å². The minimum Gasteiger partial charge on any atom is -0.399 e. The smallest absolute Gasteiger partial charge is 0.127 e. The molecule has 0 aliphatic heterocycles. The number of halogens is 1. The summed E-state index contributed by atoms with van der Waals surface area (Å²) in [6, 6.07) is 12.5. The average Bonchev–Trinajstić information content (AvgIpc) is 2.28. The Morgan fingerprint density at radius 3 is 2.22 bits per heavy atom. The molecule has 2 aromatic carbocycles. The third-order valence-corrected chi connectivity index (χ3v) is 2.79. The summed E-state index contributed by atoms with van der Waals surface area (Å²) in [5, 5.41) is 3.13. The van der Waals surface area contributed by atoms with Gasteiger partial charge in [0.25, 0.3) is 0 Å². The molecule has 0 unspecified atom stereocenters. The standard InChI is InChI=1S/C15H17FN2/c1-10(2)11-3-5-14(6-4-11)18-15-8-12(16)7-13(17)9-15/h3-10,18H,17H2,1-2H3. The molecule has 0 aliphatic rings. The highest BCUT2D eigenvalue weighted by molar-refractivity contribution is 5.63. The molecule has 0 heterocycles. The van der Waals surface area contributed by atoms with Crippen molar-refractivity contribution >= 4 is 17.1 Å². The van der Waals surface area contributed by atoms with Crippen molar-refractivity contribution in [1.29, 1.82) is 0 Å². The van der Waals surface area contributed by atoms with Gasteiger partial charge in [-0.1, -0.05) is 26.0 Å². The van der Waals surface area contributed by atoms with Crippen LogP contribution in [0, 0.1) is 5.82 Å². The number of nitrogens with one attached hydrogen (secondary N) is 1. The van der Waals surface area contributed by atoms with Crippen molar-refractivity contribution in [2.45, 2.75) is 19.8 Å². The fourth-order valence-electron chi connectivity index (χ4n) is 1.80. The molecule has 2 nitrogen and oxygen atoms in total. The molecule has 0 spiro atoms. The first-order valence-electron chi connectivity index (χ1n) is 5.97. The Morgan fingerprint density at radius 2 is 1.67 bits per heavy atom. The maximum atomic E-state index is 13.2. The van der Waals surface area contributed by atoms with Crippen LogP contribution in [0.1, 0.15) is 25.3 Å². The van der Waals surface area contributed by atoms with Crippen LogP contribution >= 0.6 is 0 Å². The normalized spacial score (nSPS) is 10.7. The second-order valence-electron chi connectivity index (χ2n) is 4.67. The van der Waals surface area contributed by atoms with E-state index in [1.807, 2.05) is 12.1 Å². The minimum atomic E-state index is -0.337. The van der Waals surface area contributed by atoms with Crippen molar-refractivity contribution in [3.63, 3.8) is 0 Å². The van der Waals surface area contributed by atoms with E-state index in [0.29, 0.717) is 17.3 Å². The summed E-state index contributed by atoms with van der Waals surface area (Å²) in [5.41, 5.74) is 8.87. The zero-order valence-electron chi connectivity index (χ0n) is 10.6. The third-order valence-electron chi connectivity index (χ3n) is 2.79. The van der Waals surface area contributed by atoms with Gasteiger partial charge in [0.05, 0.1) is 0 Å². The van der Waals surface area contributed by atoms with E-state index >= 15 is 0 Å². The Hall–Kier alpha value is -2.03. The van der Waals surface area contributed by atoms with E-state index in [1.165, 1.54) is 17.7 Å². The molecule has 18 heavy (non-hydrogen) atoms. The monoisotopic (exact) mass is 244 g/mol. The number of rotatable bonds is 3. The summed E-state index contributed by atoms with van der Waals surface area (Å²) in [6.45, 7) is 4.30. The number of benzene rings is 2. The predicted molar refractivity (Wildman–Crippen MR) is 74.6 cm³/mol. The Balaban J connectivity index is 2.18. The van der Waals surface area contributed by atoms with Crippen molar-refractivity contribution in [2.75, 3.05) is 11.1 Å². The second-order valence-corrected chi connectivity index (χ2v) is 4.67. The molecule has 0 amide bonds. The molecule has 0 aliphatic carbocycles. The summed E-state index contributed by atoms with van der Waals surface area (Å²) in [7, 11) is 0. The van der Waals surface area contributed by atoms with Crippen molar-refractivity contribution in [2.24, 2.45) is 0 Å². The average molecular weight is 244 g/mol. The Labute approximate surface area is 107 Å². The predicted octanol–water partition coefficient (Wildman–Crippen LogP) is 4.27. The molecule has 0 saturated carbocycles. The molecular weight excluding hydrogens is 227 g/mol. The van der Waals surface area contributed by atoms with Gasteiger partial charge in [0.2, 0.25) is 0 Å². The van der Waals surface area contributed by atoms with E-state index in [4.69, 9.17) is 5.73 Å². The van der Waals surface area contributed by atoms with Crippen LogP contribution in [0.2, 0.25) is 0 Å². The van der Waals surface area contributed by atoms with Gasteiger partial charge in [-0.15, -0.1) is 0 Å². The third kappa shape index (κ3) is 3.00. The molecular formula is C15H17FN2. The molecule has 3 N–H and O–H groups in total. The van der Waals surface area contributed by atoms with Gasteiger partial charge in [-0.05, 0) is 41.8 Å². The van der Waals surface area contributed by atoms with Crippen LogP contribution < -0.4 is 11.1 Å². The molecule has 0 saturated heterocycles. The number of hydrogen-bond donors (Lipinski definition) is 2. The highest BCUT2D eigenvalue weighted by Gasteiger charge is 2.01. The number of anilines is 3. The molecule has 0 aromatic heterocycles. The summed E-state index contributed by atoms with van der Waals surface area (Å²) in [4.78, 5) is 0. The zero-order valence-corrected chi connectivity index (χ0v) is 10.6. The quantitative estimate of drug-likeness (QED) is 0.791. The van der Waals surface area contributed by atoms with Crippen LogP contribution in [0.5, 0.6) is 0 Å². The molecule has 2 aromatic rings. The van der Waals surface area contributed by atoms with Gasteiger partial charge in [-0.2, -0.15) is 0 Å². The lowest BCUT2D eigenvalue weighted by molar-refractivity contribution is 0.629. The van der Waals surface area contributed by atoms with E-state index in [-0.39, 0.29) is 5.82 Å². The van der Waals surface area contributed by atoms with Crippen LogP contribution in [-0.2, 0) is 0 Å². The topological polar surface area (TPSA) is 38.0 Å². The van der Waals surface area contributed by atoms with Crippen molar-refractivity contribution in [1.82, 2.24) is 0 Å². The van der Waals surface area contributed by atoms with E-state index in [9.17, 15) is 4.39 Å². The lowest BCUT2D eigenvalue weighted by Crippen LogP contribution is -1.94. The lowest BCUT2D eigenvalue weighted by Gasteiger charge is -2.10. The Kier molecular flexibility index (Phi) is 3.51. The number of hydrogen-bond acceptors (Lipinski definition) is 2.